The number of fused-ring (bicyclic) bond motifs is 1. The minimum absolute atomic E-state index is 0.569. The Labute approximate surface area is 98.3 Å². The number of rotatable bonds is 4. The van der Waals surface area contributed by atoms with Crippen LogP contribution in [-0.4, -0.2) is 22.1 Å². The van der Waals surface area contributed by atoms with Gasteiger partial charge in [-0.1, -0.05) is 13.8 Å². The molecule has 0 amide bonds. The highest BCUT2D eigenvalue weighted by Gasteiger charge is 2.17. The molecular formula is C13H23N3. The molecule has 0 fully saturated rings. The van der Waals surface area contributed by atoms with E-state index in [9.17, 15) is 0 Å². The lowest BCUT2D eigenvalue weighted by Gasteiger charge is -2.15. The standard InChI is InChI=1S/C13H23N3/c1-10(2)14-8-9-16-11(3)15-12-6-4-5-7-13(12)16/h10,14H,4-9H2,1-3H3. The first-order valence-electron chi connectivity index (χ1n) is 6.46. The van der Waals surface area contributed by atoms with Gasteiger partial charge in [-0.2, -0.15) is 0 Å². The second-order valence-electron chi connectivity index (χ2n) is 5.02. The van der Waals surface area contributed by atoms with E-state index in [2.05, 4.69) is 35.6 Å². The molecule has 0 saturated heterocycles. The van der Waals surface area contributed by atoms with Crippen molar-refractivity contribution in [2.24, 2.45) is 0 Å². The molecule has 2 rings (SSSR count). The molecule has 1 aromatic heterocycles. The molecule has 0 radical (unpaired) electrons. The van der Waals surface area contributed by atoms with Crippen LogP contribution in [0.25, 0.3) is 0 Å². The predicted molar refractivity (Wildman–Crippen MR) is 66.7 cm³/mol. The number of imidazole rings is 1. The SMILES string of the molecule is Cc1nc2c(n1CCNC(C)C)CCCC2. The van der Waals surface area contributed by atoms with Crippen LogP contribution in [0.3, 0.4) is 0 Å². The fourth-order valence-electron chi connectivity index (χ4n) is 2.50. The molecule has 1 N–H and O–H groups in total. The summed E-state index contributed by atoms with van der Waals surface area (Å²) in [6.07, 6.45) is 5.04. The van der Waals surface area contributed by atoms with Gasteiger partial charge in [-0.25, -0.2) is 4.98 Å². The summed E-state index contributed by atoms with van der Waals surface area (Å²) in [6, 6.07) is 0.569. The van der Waals surface area contributed by atoms with Crippen molar-refractivity contribution in [1.82, 2.24) is 14.9 Å². The minimum Gasteiger partial charge on any atom is -0.331 e. The highest BCUT2D eigenvalue weighted by molar-refractivity contribution is 5.19. The Balaban J connectivity index is 2.05. The van der Waals surface area contributed by atoms with Crippen molar-refractivity contribution in [3.05, 3.63) is 17.2 Å². The van der Waals surface area contributed by atoms with Crippen molar-refractivity contribution in [2.45, 2.75) is 59.0 Å². The molecular weight excluding hydrogens is 198 g/mol. The van der Waals surface area contributed by atoms with Crippen LogP contribution in [0.2, 0.25) is 0 Å². The van der Waals surface area contributed by atoms with Crippen LogP contribution in [0.5, 0.6) is 0 Å². The van der Waals surface area contributed by atoms with Crippen LogP contribution in [0.4, 0.5) is 0 Å². The summed E-state index contributed by atoms with van der Waals surface area (Å²) in [6.45, 7) is 8.62. The van der Waals surface area contributed by atoms with E-state index in [-0.39, 0.29) is 0 Å². The first-order valence-corrected chi connectivity index (χ1v) is 6.46. The molecule has 0 atom stereocenters. The summed E-state index contributed by atoms with van der Waals surface area (Å²) < 4.78 is 2.41. The highest BCUT2D eigenvalue weighted by Crippen LogP contribution is 2.21. The van der Waals surface area contributed by atoms with Crippen LogP contribution in [0, 0.1) is 6.92 Å². The molecule has 1 heterocycles. The van der Waals surface area contributed by atoms with E-state index in [0.717, 1.165) is 13.1 Å². The molecule has 0 bridgehead atoms. The molecule has 0 saturated carbocycles. The number of hydrogen-bond donors (Lipinski definition) is 1. The van der Waals surface area contributed by atoms with E-state index in [0.29, 0.717) is 6.04 Å². The third-order valence-electron chi connectivity index (χ3n) is 3.31. The quantitative estimate of drug-likeness (QED) is 0.843. The number of nitrogens with zero attached hydrogens (tertiary/aromatic N) is 2. The monoisotopic (exact) mass is 221 g/mol. The lowest BCUT2D eigenvalue weighted by Crippen LogP contribution is -2.27. The van der Waals surface area contributed by atoms with Gasteiger partial charge < -0.3 is 9.88 Å². The third-order valence-corrected chi connectivity index (χ3v) is 3.31. The van der Waals surface area contributed by atoms with Crippen LogP contribution < -0.4 is 5.32 Å². The van der Waals surface area contributed by atoms with Crippen molar-refractivity contribution in [1.29, 1.82) is 0 Å². The van der Waals surface area contributed by atoms with Crippen molar-refractivity contribution in [3.8, 4) is 0 Å². The largest absolute Gasteiger partial charge is 0.331 e. The van der Waals surface area contributed by atoms with Gasteiger partial charge in [0.25, 0.3) is 0 Å². The smallest absolute Gasteiger partial charge is 0.106 e. The molecule has 1 aliphatic carbocycles. The molecule has 90 valence electrons. The van der Waals surface area contributed by atoms with Crippen molar-refractivity contribution in [3.63, 3.8) is 0 Å². The average Bonchev–Trinajstić information content (AvgIpc) is 2.55. The van der Waals surface area contributed by atoms with E-state index in [1.165, 1.54) is 42.9 Å². The maximum Gasteiger partial charge on any atom is 0.106 e. The maximum atomic E-state index is 4.68. The maximum absolute atomic E-state index is 4.68. The van der Waals surface area contributed by atoms with E-state index in [1.807, 2.05) is 0 Å². The second kappa shape index (κ2) is 5.00. The Hall–Kier alpha value is -0.830. The van der Waals surface area contributed by atoms with Gasteiger partial charge in [0.2, 0.25) is 0 Å². The molecule has 0 aliphatic heterocycles. The highest BCUT2D eigenvalue weighted by atomic mass is 15.1. The van der Waals surface area contributed by atoms with E-state index >= 15 is 0 Å². The Morgan fingerprint density at radius 2 is 2.06 bits per heavy atom. The van der Waals surface area contributed by atoms with E-state index in [1.54, 1.807) is 0 Å². The second-order valence-corrected chi connectivity index (χ2v) is 5.02. The third kappa shape index (κ3) is 2.46. The van der Waals surface area contributed by atoms with Gasteiger partial charge in [-0.05, 0) is 32.6 Å². The molecule has 3 nitrogen and oxygen atoms in total. The Kier molecular flexibility index (Phi) is 3.64. The summed E-state index contributed by atoms with van der Waals surface area (Å²) in [5.74, 6) is 1.19. The molecule has 1 aromatic rings. The van der Waals surface area contributed by atoms with Crippen LogP contribution in [-0.2, 0) is 19.4 Å². The van der Waals surface area contributed by atoms with Gasteiger partial charge in [0.15, 0.2) is 0 Å². The van der Waals surface area contributed by atoms with Gasteiger partial charge in [0.05, 0.1) is 5.69 Å². The first-order chi connectivity index (χ1) is 7.68. The zero-order valence-corrected chi connectivity index (χ0v) is 10.7. The zero-order valence-electron chi connectivity index (χ0n) is 10.7. The van der Waals surface area contributed by atoms with Gasteiger partial charge in [-0.3, -0.25) is 0 Å². The molecule has 0 aromatic carbocycles. The number of aryl methyl sites for hydroxylation is 2. The average molecular weight is 221 g/mol. The fourth-order valence-corrected chi connectivity index (χ4v) is 2.50. The minimum atomic E-state index is 0.569. The van der Waals surface area contributed by atoms with Gasteiger partial charge in [0.1, 0.15) is 5.82 Å². The zero-order chi connectivity index (χ0) is 11.5. The summed E-state index contributed by atoms with van der Waals surface area (Å²) in [4.78, 5) is 4.68. The lowest BCUT2D eigenvalue weighted by molar-refractivity contribution is 0.519. The fraction of sp³-hybridized carbons (Fsp3) is 0.769. The number of hydrogen-bond acceptors (Lipinski definition) is 2. The molecule has 3 heteroatoms. The topological polar surface area (TPSA) is 29.9 Å². The summed E-state index contributed by atoms with van der Waals surface area (Å²) in [7, 11) is 0. The van der Waals surface area contributed by atoms with Crippen LogP contribution >= 0.6 is 0 Å². The number of aromatic nitrogens is 2. The normalized spacial score (nSPS) is 15.5. The van der Waals surface area contributed by atoms with Gasteiger partial charge in [-0.15, -0.1) is 0 Å². The molecule has 16 heavy (non-hydrogen) atoms. The number of nitrogens with one attached hydrogen (secondary N) is 1. The van der Waals surface area contributed by atoms with Crippen molar-refractivity contribution in [2.75, 3.05) is 6.54 Å². The lowest BCUT2D eigenvalue weighted by atomic mass is 10.0. The molecule has 1 aliphatic rings. The first kappa shape index (κ1) is 11.6. The van der Waals surface area contributed by atoms with Gasteiger partial charge in [0, 0.05) is 24.8 Å². The summed E-state index contributed by atoms with van der Waals surface area (Å²) in [5, 5.41) is 3.47. The Morgan fingerprint density at radius 1 is 1.31 bits per heavy atom. The summed E-state index contributed by atoms with van der Waals surface area (Å²) >= 11 is 0. The summed E-state index contributed by atoms with van der Waals surface area (Å²) in [5.41, 5.74) is 2.85. The predicted octanol–water partition coefficient (Wildman–Crippen LogP) is 2.07. The molecule has 0 unspecified atom stereocenters. The molecule has 0 spiro atoms. The Morgan fingerprint density at radius 3 is 2.81 bits per heavy atom. The van der Waals surface area contributed by atoms with Crippen LogP contribution in [0.1, 0.15) is 43.9 Å². The van der Waals surface area contributed by atoms with Crippen LogP contribution in [0.15, 0.2) is 0 Å². The van der Waals surface area contributed by atoms with Crippen molar-refractivity contribution < 1.29 is 0 Å². The Bertz CT molecular complexity index is 352. The van der Waals surface area contributed by atoms with Gasteiger partial charge >= 0.3 is 0 Å². The van der Waals surface area contributed by atoms with Crippen molar-refractivity contribution >= 4 is 0 Å². The van der Waals surface area contributed by atoms with E-state index < -0.39 is 0 Å². The van der Waals surface area contributed by atoms with E-state index in [4.69, 9.17) is 0 Å².